The molecular weight excluding hydrogens is 302 g/mol. The van der Waals surface area contributed by atoms with Crippen molar-refractivity contribution in [2.24, 2.45) is 0 Å². The van der Waals surface area contributed by atoms with E-state index in [9.17, 15) is 4.79 Å². The van der Waals surface area contributed by atoms with Gasteiger partial charge >= 0.3 is 6.09 Å². The molecule has 2 aromatic carbocycles. The number of ether oxygens (including phenoxy) is 2. The monoisotopic (exact) mass is 326 g/mol. The van der Waals surface area contributed by atoms with E-state index in [2.05, 4.69) is 18.3 Å². The second kappa shape index (κ2) is 8.96. The Labute approximate surface area is 143 Å². The van der Waals surface area contributed by atoms with E-state index in [1.165, 1.54) is 5.92 Å². The molecule has 0 fully saturated rings. The molecule has 0 saturated heterocycles. The molecule has 0 aliphatic carbocycles. The number of carbonyl (C=O) groups is 1. The van der Waals surface area contributed by atoms with Gasteiger partial charge in [-0.3, -0.25) is 0 Å². The minimum Gasteiger partial charge on any atom is -0.496 e. The van der Waals surface area contributed by atoms with E-state index < -0.39 is 6.09 Å². The van der Waals surface area contributed by atoms with Crippen LogP contribution in [0.1, 0.15) is 37.8 Å². The molecule has 1 N–H and O–H groups in total. The molecule has 0 unspecified atom stereocenters. The highest BCUT2D eigenvalue weighted by Gasteiger charge is 2.17. The maximum Gasteiger partial charge on any atom is 0.412 e. The number of para-hydroxylation sites is 1. The average Bonchev–Trinajstić information content (AvgIpc) is 2.62. The second-order valence-electron chi connectivity index (χ2n) is 5.37. The van der Waals surface area contributed by atoms with Crippen molar-refractivity contribution in [3.05, 3.63) is 65.6 Å². The van der Waals surface area contributed by atoms with Crippen molar-refractivity contribution in [1.82, 2.24) is 5.32 Å². The summed E-state index contributed by atoms with van der Waals surface area (Å²) < 4.78 is 10.7. The summed E-state index contributed by atoms with van der Waals surface area (Å²) in [5, 5.41) is 2.69. The Morgan fingerprint density at radius 2 is 1.75 bits per heavy atom. The predicted octanol–water partition coefficient (Wildman–Crippen LogP) is 4.57. The van der Waals surface area contributed by atoms with Crippen LogP contribution in [0, 0.1) is 5.92 Å². The third-order valence-electron chi connectivity index (χ3n) is 3.72. The first kappa shape index (κ1) is 17.9. The minimum absolute atomic E-state index is 0.422. The van der Waals surface area contributed by atoms with Crippen molar-refractivity contribution in [1.29, 1.82) is 0 Å². The molecule has 0 bridgehead atoms. The first-order valence-electron chi connectivity index (χ1n) is 8.24. The zero-order valence-electron chi connectivity index (χ0n) is 14.5. The number of hydrogen-bond acceptors (Lipinski definition) is 3. The Morgan fingerprint density at radius 3 is 2.38 bits per heavy atom. The molecule has 0 aromatic heterocycles. The van der Waals surface area contributed by atoms with Gasteiger partial charge in [0.05, 0.1) is 7.11 Å². The highest BCUT2D eigenvalue weighted by atomic mass is 16.6. The molecule has 1 radical (unpaired) electrons. The molecule has 24 heavy (non-hydrogen) atoms. The van der Waals surface area contributed by atoms with Crippen LogP contribution >= 0.6 is 0 Å². The molecule has 0 spiro atoms. The van der Waals surface area contributed by atoms with Gasteiger partial charge in [-0.1, -0.05) is 44.2 Å². The van der Waals surface area contributed by atoms with Gasteiger partial charge in [0.2, 0.25) is 0 Å². The fourth-order valence-corrected chi connectivity index (χ4v) is 2.54. The second-order valence-corrected chi connectivity index (χ2v) is 5.37. The number of carbonyl (C=O) groups excluding carboxylic acids is 1. The largest absolute Gasteiger partial charge is 0.496 e. The van der Waals surface area contributed by atoms with Crippen LogP contribution < -0.4 is 14.8 Å². The molecule has 2 rings (SSSR count). The number of hydrogen-bond donors (Lipinski definition) is 1. The highest BCUT2D eigenvalue weighted by Crippen LogP contribution is 2.33. The molecule has 1 amide bonds. The van der Waals surface area contributed by atoms with Crippen LogP contribution in [0.4, 0.5) is 4.79 Å². The molecule has 0 aliphatic heterocycles. The van der Waals surface area contributed by atoms with E-state index in [4.69, 9.17) is 9.47 Å². The van der Waals surface area contributed by atoms with E-state index in [0.29, 0.717) is 12.3 Å². The van der Waals surface area contributed by atoms with Gasteiger partial charge in [0.1, 0.15) is 11.5 Å². The Balaban J connectivity index is 2.14. The van der Waals surface area contributed by atoms with Crippen LogP contribution in [0.3, 0.4) is 0 Å². The van der Waals surface area contributed by atoms with E-state index >= 15 is 0 Å². The normalized spacial score (nSPS) is 10.5. The van der Waals surface area contributed by atoms with Gasteiger partial charge in [0, 0.05) is 18.0 Å². The van der Waals surface area contributed by atoms with Gasteiger partial charge in [-0.2, -0.15) is 0 Å². The standard InChI is InChI=1S/C20H24NO3/c1-4-14-21-20(22)24-16-12-10-15(11-13-16)17(5-2)18-8-6-7-9-19(18)23-3/h6-13H,4-5,14H2,1-3H3,(H,21,22). The summed E-state index contributed by atoms with van der Waals surface area (Å²) in [6.45, 7) is 4.72. The Morgan fingerprint density at radius 1 is 1.04 bits per heavy atom. The molecule has 0 aliphatic rings. The molecule has 2 aromatic rings. The van der Waals surface area contributed by atoms with Crippen LogP contribution in [0.2, 0.25) is 0 Å². The summed E-state index contributed by atoms with van der Waals surface area (Å²) >= 11 is 0. The van der Waals surface area contributed by atoms with Crippen LogP contribution in [-0.2, 0) is 0 Å². The van der Waals surface area contributed by atoms with E-state index in [0.717, 1.165) is 29.7 Å². The van der Waals surface area contributed by atoms with Gasteiger partial charge in [-0.15, -0.1) is 0 Å². The summed E-state index contributed by atoms with van der Waals surface area (Å²) in [5.74, 6) is 2.57. The first-order chi connectivity index (χ1) is 11.7. The average molecular weight is 326 g/mol. The lowest BCUT2D eigenvalue weighted by atomic mass is 9.88. The molecule has 4 nitrogen and oxygen atoms in total. The maximum absolute atomic E-state index is 11.6. The number of benzene rings is 2. The summed E-state index contributed by atoms with van der Waals surface area (Å²) in [6, 6.07) is 15.5. The smallest absolute Gasteiger partial charge is 0.412 e. The lowest BCUT2D eigenvalue weighted by Gasteiger charge is -2.18. The molecule has 0 saturated carbocycles. The quantitative estimate of drug-likeness (QED) is 0.810. The summed E-state index contributed by atoms with van der Waals surface area (Å²) in [4.78, 5) is 11.6. The third kappa shape index (κ3) is 4.51. The van der Waals surface area contributed by atoms with Gasteiger partial charge < -0.3 is 14.8 Å². The van der Waals surface area contributed by atoms with Crippen molar-refractivity contribution >= 4 is 6.09 Å². The number of rotatable bonds is 7. The number of nitrogens with one attached hydrogen (secondary N) is 1. The maximum atomic E-state index is 11.6. The van der Waals surface area contributed by atoms with E-state index in [1.54, 1.807) is 7.11 Å². The van der Waals surface area contributed by atoms with Crippen molar-refractivity contribution in [2.75, 3.05) is 13.7 Å². The van der Waals surface area contributed by atoms with Gasteiger partial charge in [0.15, 0.2) is 0 Å². The minimum atomic E-state index is -0.422. The Kier molecular flexibility index (Phi) is 6.67. The lowest BCUT2D eigenvalue weighted by Crippen LogP contribution is -2.27. The molecule has 4 heteroatoms. The molecule has 0 atom stereocenters. The molecule has 0 heterocycles. The summed E-state index contributed by atoms with van der Waals surface area (Å²) in [5.41, 5.74) is 2.17. The number of amides is 1. The summed E-state index contributed by atoms with van der Waals surface area (Å²) in [6.07, 6.45) is 1.33. The van der Waals surface area contributed by atoms with Gasteiger partial charge in [0.25, 0.3) is 0 Å². The molecule has 127 valence electrons. The molecular formula is C20H24NO3. The van der Waals surface area contributed by atoms with Crippen LogP contribution in [0.15, 0.2) is 48.5 Å². The predicted molar refractivity (Wildman–Crippen MR) is 95.5 cm³/mol. The van der Waals surface area contributed by atoms with Crippen molar-refractivity contribution in [3.63, 3.8) is 0 Å². The highest BCUT2D eigenvalue weighted by molar-refractivity contribution is 5.70. The lowest BCUT2D eigenvalue weighted by molar-refractivity contribution is 0.200. The topological polar surface area (TPSA) is 47.6 Å². The zero-order valence-corrected chi connectivity index (χ0v) is 14.5. The van der Waals surface area contributed by atoms with Gasteiger partial charge in [-0.25, -0.2) is 4.79 Å². The van der Waals surface area contributed by atoms with Crippen molar-refractivity contribution in [2.45, 2.75) is 26.7 Å². The number of methoxy groups -OCH3 is 1. The fourth-order valence-electron chi connectivity index (χ4n) is 2.54. The van der Waals surface area contributed by atoms with Crippen molar-refractivity contribution < 1.29 is 14.3 Å². The Hall–Kier alpha value is -2.49. The van der Waals surface area contributed by atoms with E-state index in [1.807, 2.05) is 49.4 Å². The Bertz CT molecular complexity index is 652. The van der Waals surface area contributed by atoms with Gasteiger partial charge in [-0.05, 0) is 36.6 Å². The van der Waals surface area contributed by atoms with E-state index in [-0.39, 0.29) is 0 Å². The van der Waals surface area contributed by atoms with Crippen LogP contribution in [0.5, 0.6) is 11.5 Å². The first-order valence-corrected chi connectivity index (χ1v) is 8.24. The van der Waals surface area contributed by atoms with Crippen LogP contribution in [0.25, 0.3) is 0 Å². The third-order valence-corrected chi connectivity index (χ3v) is 3.72. The zero-order chi connectivity index (χ0) is 17.4. The van der Waals surface area contributed by atoms with Crippen molar-refractivity contribution in [3.8, 4) is 11.5 Å². The SMILES string of the molecule is CCCNC(=O)Oc1ccc([C](CC)c2ccccc2OC)cc1. The van der Waals surface area contributed by atoms with Crippen LogP contribution in [-0.4, -0.2) is 19.7 Å². The fraction of sp³-hybridized carbons (Fsp3) is 0.300. The summed E-state index contributed by atoms with van der Waals surface area (Å²) in [7, 11) is 1.68.